The number of likely N-dealkylation sites (N-methyl/N-ethyl adjacent to an activating group) is 1. The van der Waals surface area contributed by atoms with E-state index in [4.69, 9.17) is 4.74 Å². The van der Waals surface area contributed by atoms with Crippen LogP contribution in [0.1, 0.15) is 63.0 Å². The molecule has 1 aromatic carbocycles. The van der Waals surface area contributed by atoms with Crippen LogP contribution in [0.5, 0.6) is 5.75 Å². The fourth-order valence-electron chi connectivity index (χ4n) is 3.88. The van der Waals surface area contributed by atoms with Crippen LogP contribution < -0.4 is 10.1 Å². The molecule has 116 valence electrons. The molecule has 1 aromatic rings. The predicted octanol–water partition coefficient (Wildman–Crippen LogP) is 4.26. The molecule has 21 heavy (non-hydrogen) atoms. The molecule has 0 radical (unpaired) electrons. The molecule has 0 heterocycles. The van der Waals surface area contributed by atoms with Crippen molar-refractivity contribution in [2.24, 2.45) is 0 Å². The Labute approximate surface area is 129 Å². The SMILES string of the molecule is CCNC1CCCCCCC1Oc1ccc2c(c1)CCC2. The van der Waals surface area contributed by atoms with Crippen molar-refractivity contribution < 1.29 is 4.74 Å². The summed E-state index contributed by atoms with van der Waals surface area (Å²) in [4.78, 5) is 0. The van der Waals surface area contributed by atoms with E-state index in [9.17, 15) is 0 Å². The van der Waals surface area contributed by atoms with Gasteiger partial charge in [-0.05, 0) is 68.3 Å². The van der Waals surface area contributed by atoms with Gasteiger partial charge in [0.15, 0.2) is 0 Å². The zero-order valence-electron chi connectivity index (χ0n) is 13.4. The topological polar surface area (TPSA) is 21.3 Å². The lowest BCUT2D eigenvalue weighted by atomic mass is 9.94. The van der Waals surface area contributed by atoms with E-state index in [-0.39, 0.29) is 0 Å². The molecule has 1 N–H and O–H groups in total. The standard InChI is InChI=1S/C19H29NO/c1-2-20-18-10-5-3-4-6-11-19(18)21-17-13-12-15-8-7-9-16(15)14-17/h12-14,18-20H,2-11H2,1H3. The van der Waals surface area contributed by atoms with Crippen LogP contribution >= 0.6 is 0 Å². The first-order chi connectivity index (χ1) is 10.4. The summed E-state index contributed by atoms with van der Waals surface area (Å²) in [6.07, 6.45) is 12.0. The van der Waals surface area contributed by atoms with Gasteiger partial charge in [0.1, 0.15) is 11.9 Å². The van der Waals surface area contributed by atoms with Crippen LogP contribution in [0.25, 0.3) is 0 Å². The number of nitrogens with one attached hydrogen (secondary N) is 1. The lowest BCUT2D eigenvalue weighted by Gasteiger charge is -2.30. The van der Waals surface area contributed by atoms with Gasteiger partial charge in [-0.2, -0.15) is 0 Å². The summed E-state index contributed by atoms with van der Waals surface area (Å²) in [5.41, 5.74) is 3.04. The minimum absolute atomic E-state index is 0.338. The van der Waals surface area contributed by atoms with Crippen molar-refractivity contribution in [2.75, 3.05) is 6.54 Å². The molecule has 0 saturated heterocycles. The van der Waals surface area contributed by atoms with Crippen molar-refractivity contribution in [3.8, 4) is 5.75 Å². The van der Waals surface area contributed by atoms with Crippen LogP contribution in [0.4, 0.5) is 0 Å². The van der Waals surface area contributed by atoms with Gasteiger partial charge in [-0.3, -0.25) is 0 Å². The highest BCUT2D eigenvalue weighted by molar-refractivity contribution is 5.38. The molecule has 3 rings (SSSR count). The zero-order valence-corrected chi connectivity index (χ0v) is 13.4. The summed E-state index contributed by atoms with van der Waals surface area (Å²) >= 11 is 0. The maximum Gasteiger partial charge on any atom is 0.120 e. The quantitative estimate of drug-likeness (QED) is 0.893. The first-order valence-corrected chi connectivity index (χ1v) is 8.88. The highest BCUT2D eigenvalue weighted by Gasteiger charge is 2.24. The third-order valence-electron chi connectivity index (χ3n) is 5.03. The van der Waals surface area contributed by atoms with E-state index in [1.54, 1.807) is 0 Å². The predicted molar refractivity (Wildman–Crippen MR) is 88.0 cm³/mol. The van der Waals surface area contributed by atoms with Crippen LogP contribution in [0, 0.1) is 0 Å². The van der Waals surface area contributed by atoms with Crippen LogP contribution in [0.2, 0.25) is 0 Å². The zero-order chi connectivity index (χ0) is 14.5. The van der Waals surface area contributed by atoms with Crippen molar-refractivity contribution in [3.63, 3.8) is 0 Å². The van der Waals surface area contributed by atoms with Gasteiger partial charge < -0.3 is 10.1 Å². The van der Waals surface area contributed by atoms with Gasteiger partial charge in [-0.1, -0.05) is 32.3 Å². The second kappa shape index (κ2) is 7.31. The summed E-state index contributed by atoms with van der Waals surface area (Å²) in [5.74, 6) is 1.09. The number of hydrogen-bond acceptors (Lipinski definition) is 2. The monoisotopic (exact) mass is 287 g/mol. The first-order valence-electron chi connectivity index (χ1n) is 8.88. The summed E-state index contributed by atoms with van der Waals surface area (Å²) < 4.78 is 6.42. The van der Waals surface area contributed by atoms with E-state index >= 15 is 0 Å². The molecule has 0 amide bonds. The van der Waals surface area contributed by atoms with Crippen LogP contribution in [-0.4, -0.2) is 18.7 Å². The van der Waals surface area contributed by atoms with Crippen molar-refractivity contribution >= 4 is 0 Å². The van der Waals surface area contributed by atoms with E-state index in [1.807, 2.05) is 0 Å². The molecule has 2 atom stereocenters. The normalized spacial score (nSPS) is 26.0. The second-order valence-electron chi connectivity index (χ2n) is 6.60. The fourth-order valence-corrected chi connectivity index (χ4v) is 3.88. The second-order valence-corrected chi connectivity index (χ2v) is 6.60. The van der Waals surface area contributed by atoms with Crippen LogP contribution in [-0.2, 0) is 12.8 Å². The average molecular weight is 287 g/mol. The lowest BCUT2D eigenvalue weighted by molar-refractivity contribution is 0.128. The first kappa shape index (κ1) is 14.9. The molecular formula is C19H29NO. The summed E-state index contributed by atoms with van der Waals surface area (Å²) in [6, 6.07) is 7.28. The highest BCUT2D eigenvalue weighted by Crippen LogP contribution is 2.28. The van der Waals surface area contributed by atoms with Gasteiger partial charge in [0.05, 0.1) is 0 Å². The Morgan fingerprint density at radius 1 is 1.00 bits per heavy atom. The molecule has 0 spiro atoms. The minimum Gasteiger partial charge on any atom is -0.489 e. The third-order valence-corrected chi connectivity index (χ3v) is 5.03. The average Bonchev–Trinajstić information content (AvgIpc) is 2.93. The molecular weight excluding hydrogens is 258 g/mol. The maximum absolute atomic E-state index is 6.42. The van der Waals surface area contributed by atoms with Gasteiger partial charge in [0, 0.05) is 6.04 Å². The molecule has 2 nitrogen and oxygen atoms in total. The van der Waals surface area contributed by atoms with Gasteiger partial charge in [-0.15, -0.1) is 0 Å². The van der Waals surface area contributed by atoms with E-state index in [0.717, 1.165) is 12.3 Å². The third kappa shape index (κ3) is 3.79. The van der Waals surface area contributed by atoms with E-state index in [0.29, 0.717) is 12.1 Å². The van der Waals surface area contributed by atoms with Gasteiger partial charge in [-0.25, -0.2) is 0 Å². The van der Waals surface area contributed by atoms with E-state index < -0.39 is 0 Å². The largest absolute Gasteiger partial charge is 0.489 e. The highest BCUT2D eigenvalue weighted by atomic mass is 16.5. The number of ether oxygens (including phenoxy) is 1. The van der Waals surface area contributed by atoms with Crippen molar-refractivity contribution in [1.82, 2.24) is 5.32 Å². The van der Waals surface area contributed by atoms with Crippen LogP contribution in [0.3, 0.4) is 0 Å². The maximum atomic E-state index is 6.42. The Kier molecular flexibility index (Phi) is 5.18. The van der Waals surface area contributed by atoms with Crippen molar-refractivity contribution in [1.29, 1.82) is 0 Å². The molecule has 2 heteroatoms. The molecule has 1 fully saturated rings. The summed E-state index contributed by atoms with van der Waals surface area (Å²) in [7, 11) is 0. The Morgan fingerprint density at radius 2 is 1.81 bits per heavy atom. The molecule has 1 saturated carbocycles. The van der Waals surface area contributed by atoms with Gasteiger partial charge in [0.2, 0.25) is 0 Å². The number of hydrogen-bond donors (Lipinski definition) is 1. The van der Waals surface area contributed by atoms with Crippen LogP contribution in [0.15, 0.2) is 18.2 Å². The van der Waals surface area contributed by atoms with E-state index in [1.165, 1.54) is 68.9 Å². The molecule has 0 bridgehead atoms. The molecule has 2 unspecified atom stereocenters. The minimum atomic E-state index is 0.338. The Hall–Kier alpha value is -1.02. The summed E-state index contributed by atoms with van der Waals surface area (Å²) in [6.45, 7) is 3.24. The Morgan fingerprint density at radius 3 is 2.67 bits per heavy atom. The summed E-state index contributed by atoms with van der Waals surface area (Å²) in [5, 5.41) is 3.65. The molecule has 0 aromatic heterocycles. The molecule has 2 aliphatic carbocycles. The number of benzene rings is 1. The van der Waals surface area contributed by atoms with Gasteiger partial charge >= 0.3 is 0 Å². The van der Waals surface area contributed by atoms with Gasteiger partial charge in [0.25, 0.3) is 0 Å². The number of aryl methyl sites for hydroxylation is 2. The Bertz CT molecular complexity index is 457. The van der Waals surface area contributed by atoms with E-state index in [2.05, 4.69) is 30.4 Å². The smallest absolute Gasteiger partial charge is 0.120 e. The van der Waals surface area contributed by atoms with Crippen molar-refractivity contribution in [3.05, 3.63) is 29.3 Å². The number of fused-ring (bicyclic) bond motifs is 1. The number of rotatable bonds is 4. The molecule has 0 aliphatic heterocycles. The fraction of sp³-hybridized carbons (Fsp3) is 0.684. The Balaban J connectivity index is 1.70. The molecule has 2 aliphatic rings. The van der Waals surface area contributed by atoms with Crippen molar-refractivity contribution in [2.45, 2.75) is 76.9 Å². The lowest BCUT2D eigenvalue weighted by Crippen LogP contribution is -2.43.